The number of anilines is 1. The molecule has 0 atom stereocenters. The standard InChI is InChI=1S/C10H9FN2O4/c11-8-2-1-7(5-9(8)13(15)16)12-3-4-17-6-10(12)14/h1-2,5H,3-4,6H2. The molecule has 2 rings (SSSR count). The fourth-order valence-electron chi connectivity index (χ4n) is 1.60. The summed E-state index contributed by atoms with van der Waals surface area (Å²) in [5, 5.41) is 10.6. The lowest BCUT2D eigenvalue weighted by molar-refractivity contribution is -0.387. The van der Waals surface area contributed by atoms with Crippen molar-refractivity contribution in [1.82, 2.24) is 0 Å². The maximum Gasteiger partial charge on any atom is 0.306 e. The SMILES string of the molecule is O=C1COCCN1c1ccc(F)c([N+](=O)[O-])c1. The van der Waals surface area contributed by atoms with Gasteiger partial charge in [0.25, 0.3) is 5.91 Å². The molecule has 0 radical (unpaired) electrons. The van der Waals surface area contributed by atoms with Gasteiger partial charge in [-0.15, -0.1) is 0 Å². The Hall–Kier alpha value is -2.02. The van der Waals surface area contributed by atoms with E-state index in [2.05, 4.69) is 0 Å². The van der Waals surface area contributed by atoms with E-state index in [1.807, 2.05) is 0 Å². The van der Waals surface area contributed by atoms with Crippen LogP contribution >= 0.6 is 0 Å². The average Bonchev–Trinajstić information content (AvgIpc) is 2.30. The molecule has 0 N–H and O–H groups in total. The molecule has 1 aromatic carbocycles. The van der Waals surface area contributed by atoms with Crippen molar-refractivity contribution >= 4 is 17.3 Å². The van der Waals surface area contributed by atoms with Crippen molar-refractivity contribution in [2.24, 2.45) is 0 Å². The van der Waals surface area contributed by atoms with E-state index in [4.69, 9.17) is 4.74 Å². The number of halogens is 1. The van der Waals surface area contributed by atoms with Crippen molar-refractivity contribution in [3.8, 4) is 0 Å². The molecular weight excluding hydrogens is 231 g/mol. The number of ether oxygens (including phenoxy) is 1. The molecule has 1 fully saturated rings. The number of hydrogen-bond acceptors (Lipinski definition) is 4. The van der Waals surface area contributed by atoms with Gasteiger partial charge < -0.3 is 9.64 Å². The Labute approximate surface area is 95.7 Å². The highest BCUT2D eigenvalue weighted by Gasteiger charge is 2.23. The number of nitro benzene ring substituents is 1. The molecule has 17 heavy (non-hydrogen) atoms. The normalized spacial score (nSPS) is 16.1. The summed E-state index contributed by atoms with van der Waals surface area (Å²) >= 11 is 0. The minimum absolute atomic E-state index is 0.0643. The zero-order valence-electron chi connectivity index (χ0n) is 8.76. The number of nitrogens with zero attached hydrogens (tertiary/aromatic N) is 2. The van der Waals surface area contributed by atoms with Gasteiger partial charge >= 0.3 is 5.69 Å². The molecule has 0 aliphatic carbocycles. The van der Waals surface area contributed by atoms with Crippen LogP contribution in [0.5, 0.6) is 0 Å². The van der Waals surface area contributed by atoms with Crippen LogP contribution in [-0.2, 0) is 9.53 Å². The molecule has 0 unspecified atom stereocenters. The number of carbonyl (C=O) groups is 1. The summed E-state index contributed by atoms with van der Waals surface area (Å²) in [6, 6.07) is 3.38. The third-order valence-corrected chi connectivity index (χ3v) is 2.42. The van der Waals surface area contributed by atoms with E-state index in [1.54, 1.807) is 0 Å². The Kier molecular flexibility index (Phi) is 3.01. The Morgan fingerprint density at radius 1 is 1.47 bits per heavy atom. The highest BCUT2D eigenvalue weighted by Crippen LogP contribution is 2.25. The van der Waals surface area contributed by atoms with Crippen LogP contribution in [0.3, 0.4) is 0 Å². The van der Waals surface area contributed by atoms with Crippen LogP contribution in [-0.4, -0.2) is 30.6 Å². The fraction of sp³-hybridized carbons (Fsp3) is 0.300. The molecule has 1 aromatic rings. The van der Waals surface area contributed by atoms with Crippen LogP contribution in [0.25, 0.3) is 0 Å². The Bertz CT molecular complexity index is 477. The quantitative estimate of drug-likeness (QED) is 0.573. The largest absolute Gasteiger partial charge is 0.370 e. The molecule has 90 valence electrons. The highest BCUT2D eigenvalue weighted by atomic mass is 19.1. The number of nitro groups is 1. The molecule has 7 heteroatoms. The summed E-state index contributed by atoms with van der Waals surface area (Å²) in [5.41, 5.74) is -0.326. The number of amides is 1. The third kappa shape index (κ3) is 2.23. The van der Waals surface area contributed by atoms with Crippen molar-refractivity contribution in [1.29, 1.82) is 0 Å². The predicted molar refractivity (Wildman–Crippen MR) is 56.2 cm³/mol. The molecule has 1 saturated heterocycles. The van der Waals surface area contributed by atoms with E-state index in [1.165, 1.54) is 11.0 Å². The van der Waals surface area contributed by atoms with Crippen molar-refractivity contribution in [3.63, 3.8) is 0 Å². The lowest BCUT2D eigenvalue weighted by atomic mass is 10.2. The fourth-order valence-corrected chi connectivity index (χ4v) is 1.60. The minimum Gasteiger partial charge on any atom is -0.370 e. The van der Waals surface area contributed by atoms with Crippen LogP contribution in [0.2, 0.25) is 0 Å². The second-order valence-electron chi connectivity index (χ2n) is 3.49. The van der Waals surface area contributed by atoms with Crippen molar-refractivity contribution in [3.05, 3.63) is 34.1 Å². The van der Waals surface area contributed by atoms with Gasteiger partial charge in [0, 0.05) is 12.6 Å². The highest BCUT2D eigenvalue weighted by molar-refractivity contribution is 5.95. The van der Waals surface area contributed by atoms with Crippen molar-refractivity contribution < 1.29 is 18.8 Å². The van der Waals surface area contributed by atoms with Gasteiger partial charge in [0.05, 0.1) is 17.2 Å². The van der Waals surface area contributed by atoms with E-state index < -0.39 is 16.4 Å². The van der Waals surface area contributed by atoms with E-state index in [0.29, 0.717) is 18.8 Å². The smallest absolute Gasteiger partial charge is 0.306 e. The molecule has 0 saturated carbocycles. The lowest BCUT2D eigenvalue weighted by Crippen LogP contribution is -2.41. The zero-order chi connectivity index (χ0) is 12.4. The van der Waals surface area contributed by atoms with Gasteiger partial charge in [-0.25, -0.2) is 0 Å². The lowest BCUT2D eigenvalue weighted by Gasteiger charge is -2.26. The van der Waals surface area contributed by atoms with Crippen molar-refractivity contribution in [2.75, 3.05) is 24.7 Å². The molecular formula is C10H9FN2O4. The van der Waals surface area contributed by atoms with Crippen LogP contribution in [0.4, 0.5) is 15.8 Å². The first-order valence-electron chi connectivity index (χ1n) is 4.91. The summed E-state index contributed by atoms with van der Waals surface area (Å²) in [7, 11) is 0. The van der Waals surface area contributed by atoms with Gasteiger partial charge in [0.2, 0.25) is 5.82 Å². The van der Waals surface area contributed by atoms with Gasteiger partial charge in [-0.2, -0.15) is 4.39 Å². The van der Waals surface area contributed by atoms with E-state index in [9.17, 15) is 19.3 Å². The van der Waals surface area contributed by atoms with E-state index in [0.717, 1.165) is 12.1 Å². The Morgan fingerprint density at radius 3 is 2.88 bits per heavy atom. The summed E-state index contributed by atoms with van der Waals surface area (Å²) < 4.78 is 18.1. The van der Waals surface area contributed by atoms with E-state index >= 15 is 0 Å². The van der Waals surface area contributed by atoms with Gasteiger partial charge in [0.1, 0.15) is 6.61 Å². The predicted octanol–water partition coefficient (Wildman–Crippen LogP) is 1.10. The number of carbonyl (C=O) groups excluding carboxylic acids is 1. The summed E-state index contributed by atoms with van der Waals surface area (Å²) in [6.45, 7) is 0.601. The number of morpholine rings is 1. The summed E-state index contributed by atoms with van der Waals surface area (Å²) in [6.07, 6.45) is 0. The van der Waals surface area contributed by atoms with E-state index in [-0.39, 0.29) is 12.5 Å². The first kappa shape index (κ1) is 11.5. The maximum absolute atomic E-state index is 13.1. The maximum atomic E-state index is 13.1. The number of benzene rings is 1. The number of rotatable bonds is 2. The molecule has 6 nitrogen and oxygen atoms in total. The molecule has 0 bridgehead atoms. The van der Waals surface area contributed by atoms with Crippen LogP contribution < -0.4 is 4.90 Å². The van der Waals surface area contributed by atoms with Gasteiger partial charge in [-0.1, -0.05) is 0 Å². The monoisotopic (exact) mass is 240 g/mol. The second kappa shape index (κ2) is 4.46. The van der Waals surface area contributed by atoms with Crippen LogP contribution in [0.15, 0.2) is 18.2 Å². The van der Waals surface area contributed by atoms with Gasteiger partial charge in [-0.3, -0.25) is 14.9 Å². The first-order chi connectivity index (χ1) is 8.09. The average molecular weight is 240 g/mol. The topological polar surface area (TPSA) is 72.7 Å². The molecule has 1 heterocycles. The molecule has 1 aliphatic heterocycles. The summed E-state index contributed by atoms with van der Waals surface area (Å²) in [5.74, 6) is -1.21. The van der Waals surface area contributed by atoms with Crippen LogP contribution in [0.1, 0.15) is 0 Å². The molecule has 0 spiro atoms. The minimum atomic E-state index is -0.917. The summed E-state index contributed by atoms with van der Waals surface area (Å²) in [4.78, 5) is 22.6. The van der Waals surface area contributed by atoms with Crippen LogP contribution in [0, 0.1) is 15.9 Å². The zero-order valence-corrected chi connectivity index (χ0v) is 8.76. The molecule has 1 amide bonds. The molecule has 0 aromatic heterocycles. The first-order valence-corrected chi connectivity index (χ1v) is 4.91. The Balaban J connectivity index is 2.35. The van der Waals surface area contributed by atoms with Gasteiger partial charge in [-0.05, 0) is 12.1 Å². The third-order valence-electron chi connectivity index (χ3n) is 2.42. The molecule has 1 aliphatic rings. The Morgan fingerprint density at radius 2 is 2.24 bits per heavy atom. The number of hydrogen-bond donors (Lipinski definition) is 0. The van der Waals surface area contributed by atoms with Gasteiger partial charge in [0.15, 0.2) is 0 Å². The van der Waals surface area contributed by atoms with Crippen molar-refractivity contribution in [2.45, 2.75) is 0 Å². The second-order valence-corrected chi connectivity index (χ2v) is 3.49.